The largest absolute Gasteiger partial charge is 0.467 e. The molecule has 5 heterocycles. The lowest BCUT2D eigenvalue weighted by atomic mass is 9.70. The minimum atomic E-state index is -0.928. The Morgan fingerprint density at radius 2 is 2.17 bits per heavy atom. The van der Waals surface area contributed by atoms with Crippen molar-refractivity contribution < 1.29 is 23.5 Å². The Bertz CT molecular complexity index is 907. The molecule has 0 unspecified atom stereocenters. The molecule has 0 radical (unpaired) electrons. The van der Waals surface area contributed by atoms with E-state index in [9.17, 15) is 14.4 Å². The van der Waals surface area contributed by atoms with E-state index in [4.69, 9.17) is 9.15 Å². The highest BCUT2D eigenvalue weighted by Gasteiger charge is 2.74. The third-order valence-electron chi connectivity index (χ3n) is 7.28. The van der Waals surface area contributed by atoms with Crippen molar-refractivity contribution in [2.75, 3.05) is 6.54 Å². The fourth-order valence-corrected chi connectivity index (χ4v) is 5.86. The first kappa shape index (κ1) is 19.5. The second-order valence-corrected chi connectivity index (χ2v) is 9.45. The van der Waals surface area contributed by atoms with Crippen LogP contribution in [-0.2, 0) is 19.1 Å². The molecule has 0 aliphatic carbocycles. The summed E-state index contributed by atoms with van der Waals surface area (Å²) in [7, 11) is 0. The van der Waals surface area contributed by atoms with Gasteiger partial charge in [-0.1, -0.05) is 32.9 Å². The summed E-state index contributed by atoms with van der Waals surface area (Å²) in [6.07, 6.45) is 6.05. The molecule has 30 heavy (non-hydrogen) atoms. The van der Waals surface area contributed by atoms with Gasteiger partial charge < -0.3 is 19.4 Å². The van der Waals surface area contributed by atoms with Crippen LogP contribution in [0.25, 0.3) is 0 Å². The van der Waals surface area contributed by atoms with E-state index in [1.165, 1.54) is 0 Å². The van der Waals surface area contributed by atoms with Crippen LogP contribution in [0.1, 0.15) is 45.4 Å². The van der Waals surface area contributed by atoms with Gasteiger partial charge in [0, 0.05) is 18.9 Å². The number of carbonyl (C=O) groups is 3. The van der Waals surface area contributed by atoms with Crippen LogP contribution in [0.4, 0.5) is 0 Å². The van der Waals surface area contributed by atoms with E-state index < -0.39 is 35.6 Å². The fraction of sp³-hybridized carbons (Fsp3) is 0.609. The van der Waals surface area contributed by atoms with Gasteiger partial charge in [-0.25, -0.2) is 0 Å². The molecule has 4 aliphatic rings. The lowest BCUT2D eigenvalue weighted by molar-refractivity contribution is -0.148. The third kappa shape index (κ3) is 2.57. The predicted octanol–water partition coefficient (Wildman–Crippen LogP) is 2.24. The van der Waals surface area contributed by atoms with E-state index in [1.54, 1.807) is 23.3 Å². The van der Waals surface area contributed by atoms with Crippen LogP contribution in [0.3, 0.4) is 0 Å². The topological polar surface area (TPSA) is 88.9 Å². The maximum atomic E-state index is 13.7. The summed E-state index contributed by atoms with van der Waals surface area (Å²) in [5.41, 5.74) is -0.928. The number of hydrogen-bond acceptors (Lipinski definition) is 5. The van der Waals surface area contributed by atoms with Crippen molar-refractivity contribution in [3.05, 3.63) is 36.3 Å². The number of nitrogens with one attached hydrogen (secondary N) is 1. The number of ether oxygens (including phenoxy) is 1. The highest BCUT2D eigenvalue weighted by Crippen LogP contribution is 2.59. The minimum absolute atomic E-state index is 0.0887. The van der Waals surface area contributed by atoms with Gasteiger partial charge in [0.15, 0.2) is 0 Å². The first-order valence-electron chi connectivity index (χ1n) is 10.9. The van der Waals surface area contributed by atoms with E-state index >= 15 is 0 Å². The Kier molecular flexibility index (Phi) is 4.43. The maximum absolute atomic E-state index is 13.7. The number of fused-ring (bicyclic) bond motifs is 2. The Hall–Kier alpha value is -2.41. The summed E-state index contributed by atoms with van der Waals surface area (Å²) >= 11 is 0. The average Bonchev–Trinajstić information content (AvgIpc) is 3.46. The number of Topliss-reactive ketones (excluding diaryl/α,β-unsaturated/α-hetero) is 1. The van der Waals surface area contributed by atoms with Gasteiger partial charge in [-0.3, -0.25) is 14.4 Å². The number of furan rings is 1. The maximum Gasteiger partial charge on any atom is 0.230 e. The van der Waals surface area contributed by atoms with Crippen LogP contribution in [0.15, 0.2) is 35.0 Å². The van der Waals surface area contributed by atoms with E-state index in [2.05, 4.69) is 19.2 Å². The zero-order valence-electron chi connectivity index (χ0n) is 17.5. The van der Waals surface area contributed by atoms with Crippen molar-refractivity contribution >= 4 is 17.6 Å². The first-order chi connectivity index (χ1) is 14.3. The second-order valence-electron chi connectivity index (χ2n) is 9.45. The summed E-state index contributed by atoms with van der Waals surface area (Å²) in [5.74, 6) is -0.628. The van der Waals surface area contributed by atoms with Crippen LogP contribution >= 0.6 is 0 Å². The highest BCUT2D eigenvalue weighted by atomic mass is 16.5. The number of amides is 2. The van der Waals surface area contributed by atoms with Gasteiger partial charge in [-0.2, -0.15) is 0 Å². The number of hydrogen-bond donors (Lipinski definition) is 1. The lowest BCUT2D eigenvalue weighted by Gasteiger charge is -2.43. The number of ketones is 1. The van der Waals surface area contributed by atoms with Crippen LogP contribution in [-0.4, -0.2) is 46.8 Å². The molecule has 4 aliphatic heterocycles. The van der Waals surface area contributed by atoms with Crippen molar-refractivity contribution in [2.45, 2.75) is 57.4 Å². The molecule has 1 aromatic rings. The molecule has 7 nitrogen and oxygen atoms in total. The fourth-order valence-electron chi connectivity index (χ4n) is 5.86. The van der Waals surface area contributed by atoms with Gasteiger partial charge >= 0.3 is 0 Å². The van der Waals surface area contributed by atoms with Gasteiger partial charge in [-0.05, 0) is 24.5 Å². The van der Waals surface area contributed by atoms with Crippen molar-refractivity contribution in [3.8, 4) is 0 Å². The molecule has 2 amide bonds. The summed E-state index contributed by atoms with van der Waals surface area (Å²) in [4.78, 5) is 41.5. The van der Waals surface area contributed by atoms with Crippen LogP contribution in [0, 0.1) is 23.7 Å². The van der Waals surface area contributed by atoms with Gasteiger partial charge in [0.25, 0.3) is 0 Å². The number of piperidine rings is 1. The summed E-state index contributed by atoms with van der Waals surface area (Å²) in [6, 6.07) is 2.68. The minimum Gasteiger partial charge on any atom is -0.467 e. The summed E-state index contributed by atoms with van der Waals surface area (Å²) in [5, 5.41) is 3.00. The molecule has 7 atom stereocenters. The van der Waals surface area contributed by atoms with Crippen molar-refractivity contribution in [2.24, 2.45) is 23.7 Å². The van der Waals surface area contributed by atoms with Crippen molar-refractivity contribution in [1.29, 1.82) is 0 Å². The van der Waals surface area contributed by atoms with E-state index in [1.807, 2.05) is 19.1 Å². The third-order valence-corrected chi connectivity index (χ3v) is 7.28. The SMILES string of the molecule is CC(C)CCNC(=O)[C@@H]1[C@H]2C(=O)N3[C@@H](c4ccco4)CC(=O)[C@H](C)[C@@H]3[C@]23C=C[C@H]1O3. The Morgan fingerprint density at radius 1 is 1.37 bits per heavy atom. The number of nitrogens with zero attached hydrogens (tertiary/aromatic N) is 1. The quantitative estimate of drug-likeness (QED) is 0.750. The van der Waals surface area contributed by atoms with Crippen molar-refractivity contribution in [3.63, 3.8) is 0 Å². The molecule has 1 N–H and O–H groups in total. The molecule has 7 heteroatoms. The van der Waals surface area contributed by atoms with Gasteiger partial charge in [-0.15, -0.1) is 0 Å². The Balaban J connectivity index is 1.49. The van der Waals surface area contributed by atoms with E-state index in [0.717, 1.165) is 6.42 Å². The van der Waals surface area contributed by atoms with Crippen molar-refractivity contribution in [1.82, 2.24) is 10.2 Å². The predicted molar refractivity (Wildman–Crippen MR) is 107 cm³/mol. The van der Waals surface area contributed by atoms with Gasteiger partial charge in [0.1, 0.15) is 17.1 Å². The van der Waals surface area contributed by atoms with E-state index in [-0.39, 0.29) is 29.9 Å². The smallest absolute Gasteiger partial charge is 0.230 e. The zero-order chi connectivity index (χ0) is 21.2. The molecular weight excluding hydrogens is 384 g/mol. The molecule has 2 bridgehead atoms. The monoisotopic (exact) mass is 412 g/mol. The Morgan fingerprint density at radius 3 is 2.87 bits per heavy atom. The summed E-state index contributed by atoms with van der Waals surface area (Å²) < 4.78 is 11.9. The molecule has 5 rings (SSSR count). The molecule has 0 saturated carbocycles. The molecule has 3 saturated heterocycles. The molecular formula is C23H28N2O5. The molecule has 0 aromatic carbocycles. The Labute approximate surface area is 175 Å². The zero-order valence-corrected chi connectivity index (χ0v) is 17.5. The average molecular weight is 412 g/mol. The van der Waals surface area contributed by atoms with Crippen LogP contribution in [0.2, 0.25) is 0 Å². The summed E-state index contributed by atoms with van der Waals surface area (Å²) in [6.45, 7) is 6.66. The first-order valence-corrected chi connectivity index (χ1v) is 10.9. The molecule has 1 aromatic heterocycles. The van der Waals surface area contributed by atoms with Crippen LogP contribution in [0.5, 0.6) is 0 Å². The molecule has 1 spiro atoms. The lowest BCUT2D eigenvalue weighted by Crippen LogP contribution is -2.55. The van der Waals surface area contributed by atoms with E-state index in [0.29, 0.717) is 18.2 Å². The molecule has 3 fully saturated rings. The number of rotatable bonds is 5. The van der Waals surface area contributed by atoms with Gasteiger partial charge in [0.2, 0.25) is 11.8 Å². The van der Waals surface area contributed by atoms with Gasteiger partial charge in [0.05, 0.1) is 36.3 Å². The highest BCUT2D eigenvalue weighted by molar-refractivity contribution is 5.96. The van der Waals surface area contributed by atoms with Crippen LogP contribution < -0.4 is 5.32 Å². The normalized spacial score (nSPS) is 39.0. The standard InChI is InChI=1S/C23H28N2O5/c1-12(2)7-9-24-21(27)18-17-6-8-23(30-17)19(18)22(28)25-14(16-5-4-10-29-16)11-15(26)13(3)20(23)25/h4-6,8,10,12-14,17-20H,7,9,11H2,1-3H3,(H,24,27)/t13-,14+,17+,18-,19-,20+,23-/m0/s1. The second kappa shape index (κ2) is 6.80. The number of carbonyl (C=O) groups excluding carboxylic acids is 3. The molecule has 160 valence electrons.